The van der Waals surface area contributed by atoms with Gasteiger partial charge in [0.05, 0.1) is 5.54 Å². The Labute approximate surface area is 83.5 Å². The molecular weight excluding hydrogens is 186 g/mol. The van der Waals surface area contributed by atoms with E-state index in [1.54, 1.807) is 0 Å². The van der Waals surface area contributed by atoms with Crippen LogP contribution >= 0.6 is 12.4 Å². The van der Waals surface area contributed by atoms with Crippen molar-refractivity contribution in [2.75, 3.05) is 0 Å². The van der Waals surface area contributed by atoms with Crippen LogP contribution in [0.25, 0.3) is 0 Å². The average Bonchev–Trinajstić information content (AvgIpc) is 2.85. The molecule has 1 aromatic carbocycles. The number of carbonyl (C=O) groups is 1. The van der Waals surface area contributed by atoms with Crippen molar-refractivity contribution in [3.63, 3.8) is 0 Å². The predicted octanol–water partition coefficient (Wildman–Crippen LogP) is 1.78. The van der Waals surface area contributed by atoms with Gasteiger partial charge in [-0.2, -0.15) is 0 Å². The lowest BCUT2D eigenvalue weighted by molar-refractivity contribution is 0.0949. The fourth-order valence-electron chi connectivity index (χ4n) is 1.24. The highest BCUT2D eigenvalue weighted by molar-refractivity contribution is 6.04. The standard InChI is InChI=1S/C10H11NO.ClH/c11-10(6-7-10)9(12)8-4-2-1-3-5-8;/h1-5H,6-7,11H2;1H. The van der Waals surface area contributed by atoms with E-state index in [9.17, 15) is 4.79 Å². The lowest BCUT2D eigenvalue weighted by atomic mass is 10.0. The quantitative estimate of drug-likeness (QED) is 0.735. The topological polar surface area (TPSA) is 43.1 Å². The largest absolute Gasteiger partial charge is 0.319 e. The molecule has 0 atom stereocenters. The van der Waals surface area contributed by atoms with Gasteiger partial charge in [0.25, 0.3) is 0 Å². The van der Waals surface area contributed by atoms with Crippen LogP contribution in [0.3, 0.4) is 0 Å². The summed E-state index contributed by atoms with van der Waals surface area (Å²) in [7, 11) is 0. The number of nitrogens with two attached hydrogens (primary N) is 1. The molecule has 2 nitrogen and oxygen atoms in total. The number of hydrogen-bond acceptors (Lipinski definition) is 2. The molecule has 1 aliphatic carbocycles. The fourth-order valence-corrected chi connectivity index (χ4v) is 1.24. The molecule has 0 saturated heterocycles. The lowest BCUT2D eigenvalue weighted by Gasteiger charge is -2.05. The van der Waals surface area contributed by atoms with Gasteiger partial charge in [0.1, 0.15) is 0 Å². The molecule has 0 amide bonds. The van der Waals surface area contributed by atoms with Gasteiger partial charge in [-0.15, -0.1) is 12.4 Å². The smallest absolute Gasteiger partial charge is 0.182 e. The second-order valence-corrected chi connectivity index (χ2v) is 3.35. The molecule has 0 heterocycles. The number of ketones is 1. The lowest BCUT2D eigenvalue weighted by Crippen LogP contribution is -2.32. The second kappa shape index (κ2) is 3.48. The number of carbonyl (C=O) groups excluding carboxylic acids is 1. The van der Waals surface area contributed by atoms with E-state index < -0.39 is 5.54 Å². The maximum atomic E-state index is 11.6. The van der Waals surface area contributed by atoms with Crippen molar-refractivity contribution in [2.45, 2.75) is 18.4 Å². The van der Waals surface area contributed by atoms with Crippen LogP contribution in [-0.4, -0.2) is 11.3 Å². The minimum absolute atomic E-state index is 0. The zero-order valence-corrected chi connectivity index (χ0v) is 8.01. The Morgan fingerprint density at radius 1 is 1.23 bits per heavy atom. The van der Waals surface area contributed by atoms with E-state index in [4.69, 9.17) is 5.73 Å². The van der Waals surface area contributed by atoms with Crippen molar-refractivity contribution in [1.29, 1.82) is 0 Å². The highest BCUT2D eigenvalue weighted by Crippen LogP contribution is 2.35. The SMILES string of the molecule is Cl.NC1(C(=O)c2ccccc2)CC1. The summed E-state index contributed by atoms with van der Waals surface area (Å²) in [6.07, 6.45) is 1.67. The third-order valence-electron chi connectivity index (χ3n) is 2.28. The van der Waals surface area contributed by atoms with Gasteiger partial charge in [0.2, 0.25) is 0 Å². The summed E-state index contributed by atoms with van der Waals surface area (Å²) in [5.74, 6) is 0.0862. The van der Waals surface area contributed by atoms with Gasteiger partial charge in [0.15, 0.2) is 5.78 Å². The molecule has 2 rings (SSSR count). The molecule has 0 bridgehead atoms. The van der Waals surface area contributed by atoms with Crippen molar-refractivity contribution >= 4 is 18.2 Å². The zero-order valence-electron chi connectivity index (χ0n) is 7.19. The third-order valence-corrected chi connectivity index (χ3v) is 2.28. The molecule has 1 aromatic rings. The first kappa shape index (κ1) is 10.2. The molecule has 1 aliphatic rings. The van der Waals surface area contributed by atoms with E-state index in [1.165, 1.54) is 0 Å². The number of benzene rings is 1. The van der Waals surface area contributed by atoms with Crippen molar-refractivity contribution in [1.82, 2.24) is 0 Å². The van der Waals surface area contributed by atoms with Crippen LogP contribution in [0.1, 0.15) is 23.2 Å². The van der Waals surface area contributed by atoms with Crippen molar-refractivity contribution < 1.29 is 4.79 Å². The van der Waals surface area contributed by atoms with Crippen molar-refractivity contribution in [2.24, 2.45) is 5.73 Å². The Kier molecular flexibility index (Phi) is 2.74. The Morgan fingerprint density at radius 2 is 1.77 bits per heavy atom. The monoisotopic (exact) mass is 197 g/mol. The molecule has 0 aliphatic heterocycles. The summed E-state index contributed by atoms with van der Waals surface area (Å²) in [5, 5.41) is 0. The van der Waals surface area contributed by atoms with Gasteiger partial charge in [-0.25, -0.2) is 0 Å². The number of halogens is 1. The minimum atomic E-state index is -0.526. The molecule has 0 radical (unpaired) electrons. The van der Waals surface area contributed by atoms with E-state index in [1.807, 2.05) is 30.3 Å². The first-order valence-corrected chi connectivity index (χ1v) is 4.11. The normalized spacial score (nSPS) is 17.3. The van der Waals surface area contributed by atoms with Gasteiger partial charge < -0.3 is 5.73 Å². The zero-order chi connectivity index (χ0) is 8.60. The Morgan fingerprint density at radius 3 is 2.23 bits per heavy atom. The number of hydrogen-bond donors (Lipinski definition) is 1. The third kappa shape index (κ3) is 1.90. The Balaban J connectivity index is 0.000000845. The summed E-state index contributed by atoms with van der Waals surface area (Å²) in [4.78, 5) is 11.6. The van der Waals surface area contributed by atoms with Crippen LogP contribution in [0.4, 0.5) is 0 Å². The molecule has 2 N–H and O–H groups in total. The van der Waals surface area contributed by atoms with Crippen molar-refractivity contribution in [3.05, 3.63) is 35.9 Å². The number of rotatable bonds is 2. The molecule has 0 spiro atoms. The molecule has 0 aromatic heterocycles. The Bertz CT molecular complexity index is 306. The first-order valence-electron chi connectivity index (χ1n) is 4.11. The summed E-state index contributed by atoms with van der Waals surface area (Å²) in [6.45, 7) is 0. The molecule has 13 heavy (non-hydrogen) atoms. The summed E-state index contributed by atoms with van der Waals surface area (Å²) in [6, 6.07) is 9.25. The van der Waals surface area contributed by atoms with Gasteiger partial charge in [-0.3, -0.25) is 4.79 Å². The van der Waals surface area contributed by atoms with E-state index in [0.717, 1.165) is 18.4 Å². The molecular formula is C10H12ClNO. The molecule has 3 heteroatoms. The van der Waals surface area contributed by atoms with E-state index in [0.29, 0.717) is 0 Å². The van der Waals surface area contributed by atoms with Gasteiger partial charge >= 0.3 is 0 Å². The van der Waals surface area contributed by atoms with E-state index in [-0.39, 0.29) is 18.2 Å². The average molecular weight is 198 g/mol. The second-order valence-electron chi connectivity index (χ2n) is 3.35. The summed E-state index contributed by atoms with van der Waals surface area (Å²) >= 11 is 0. The van der Waals surface area contributed by atoms with E-state index >= 15 is 0 Å². The van der Waals surface area contributed by atoms with Gasteiger partial charge in [-0.05, 0) is 12.8 Å². The van der Waals surface area contributed by atoms with Crippen LogP contribution in [0, 0.1) is 0 Å². The van der Waals surface area contributed by atoms with Gasteiger partial charge in [0, 0.05) is 5.56 Å². The minimum Gasteiger partial charge on any atom is -0.319 e. The molecule has 1 saturated carbocycles. The highest BCUT2D eigenvalue weighted by Gasteiger charge is 2.45. The first-order chi connectivity index (χ1) is 5.72. The fraction of sp³-hybridized carbons (Fsp3) is 0.300. The summed E-state index contributed by atoms with van der Waals surface area (Å²) in [5.41, 5.74) is 5.98. The van der Waals surface area contributed by atoms with Crippen LogP contribution in [-0.2, 0) is 0 Å². The van der Waals surface area contributed by atoms with Crippen LogP contribution < -0.4 is 5.73 Å². The van der Waals surface area contributed by atoms with Crippen LogP contribution in [0.2, 0.25) is 0 Å². The van der Waals surface area contributed by atoms with Crippen molar-refractivity contribution in [3.8, 4) is 0 Å². The molecule has 70 valence electrons. The maximum Gasteiger partial charge on any atom is 0.182 e. The predicted molar refractivity (Wildman–Crippen MR) is 54.2 cm³/mol. The highest BCUT2D eigenvalue weighted by atomic mass is 35.5. The van der Waals surface area contributed by atoms with Crippen LogP contribution in [0.15, 0.2) is 30.3 Å². The van der Waals surface area contributed by atoms with Crippen LogP contribution in [0.5, 0.6) is 0 Å². The maximum absolute atomic E-state index is 11.6. The summed E-state index contributed by atoms with van der Waals surface area (Å²) < 4.78 is 0. The number of Topliss-reactive ketones (excluding diaryl/α,β-unsaturated/α-hetero) is 1. The molecule has 0 unspecified atom stereocenters. The van der Waals surface area contributed by atoms with Gasteiger partial charge in [-0.1, -0.05) is 30.3 Å². The van der Waals surface area contributed by atoms with E-state index in [2.05, 4.69) is 0 Å². The Hall–Kier alpha value is -0.860. The molecule has 1 fully saturated rings.